The van der Waals surface area contributed by atoms with E-state index in [9.17, 15) is 21.6 Å². The van der Waals surface area contributed by atoms with Gasteiger partial charge in [-0.2, -0.15) is 22.6 Å². The molecule has 0 bridgehead atoms. The van der Waals surface area contributed by atoms with E-state index in [2.05, 4.69) is 15.1 Å². The van der Waals surface area contributed by atoms with Gasteiger partial charge in [0, 0.05) is 44.0 Å². The number of sulfonamides is 1. The molecule has 4 rings (SSSR count). The summed E-state index contributed by atoms with van der Waals surface area (Å²) in [7, 11) is -2.30. The van der Waals surface area contributed by atoms with Crippen molar-refractivity contribution in [3.8, 4) is 11.4 Å². The normalized spacial score (nSPS) is 16.0. The highest BCUT2D eigenvalue weighted by molar-refractivity contribution is 7.89. The van der Waals surface area contributed by atoms with Crippen LogP contribution in [0.2, 0.25) is 0 Å². The number of nitrogens with zero attached hydrogens (tertiary/aromatic N) is 5. The molecule has 0 radical (unpaired) electrons. The van der Waals surface area contributed by atoms with E-state index in [4.69, 9.17) is 0 Å². The lowest BCUT2D eigenvalue weighted by atomic mass is 10.0. The molecule has 1 aromatic carbocycles. The highest BCUT2D eigenvalue weighted by Gasteiger charge is 2.41. The molecule has 2 aromatic heterocycles. The second-order valence-electron chi connectivity index (χ2n) is 6.70. The highest BCUT2D eigenvalue weighted by atomic mass is 32.2. The average molecular weight is 423 g/mol. The van der Waals surface area contributed by atoms with Gasteiger partial charge in [0.2, 0.25) is 10.0 Å². The molecule has 1 aliphatic heterocycles. The van der Waals surface area contributed by atoms with Gasteiger partial charge in [0.05, 0.1) is 10.5 Å². The number of halogens is 3. The fraction of sp³-hybridized carbons (Fsp3) is 0.278. The number of aromatic nitrogens is 4. The van der Waals surface area contributed by atoms with E-state index in [1.807, 2.05) is 0 Å². The summed E-state index contributed by atoms with van der Waals surface area (Å²) in [5, 5.41) is 4.35. The summed E-state index contributed by atoms with van der Waals surface area (Å²) in [6.45, 7) is 0.252. The Morgan fingerprint density at radius 1 is 1.10 bits per heavy atom. The van der Waals surface area contributed by atoms with Crippen LogP contribution in [0.3, 0.4) is 0 Å². The zero-order valence-electron chi connectivity index (χ0n) is 15.2. The van der Waals surface area contributed by atoms with Gasteiger partial charge in [0.25, 0.3) is 0 Å². The number of benzene rings is 1. The Morgan fingerprint density at radius 3 is 2.45 bits per heavy atom. The highest BCUT2D eigenvalue weighted by Crippen LogP contribution is 2.34. The minimum absolute atomic E-state index is 0.126. The molecule has 0 spiro atoms. The fourth-order valence-corrected chi connectivity index (χ4v) is 4.73. The molecule has 152 valence electrons. The SMILES string of the molecule is Cn1nc(-c2ccncc2)nc1C1CN(S(=O)(=O)c2cccc(C(F)(F)F)c2)C1. The molecular weight excluding hydrogens is 407 g/mol. The lowest BCUT2D eigenvalue weighted by Crippen LogP contribution is -2.49. The largest absolute Gasteiger partial charge is 0.416 e. The van der Waals surface area contributed by atoms with E-state index in [0.717, 1.165) is 22.0 Å². The van der Waals surface area contributed by atoms with Crippen molar-refractivity contribution in [1.82, 2.24) is 24.1 Å². The van der Waals surface area contributed by atoms with E-state index in [1.54, 1.807) is 36.3 Å². The molecule has 3 heterocycles. The van der Waals surface area contributed by atoms with Gasteiger partial charge in [0.15, 0.2) is 5.82 Å². The summed E-state index contributed by atoms with van der Waals surface area (Å²) in [5.74, 6) is 0.931. The van der Waals surface area contributed by atoms with Crippen molar-refractivity contribution in [2.75, 3.05) is 13.1 Å². The second-order valence-corrected chi connectivity index (χ2v) is 8.64. The van der Waals surface area contributed by atoms with E-state index < -0.39 is 21.8 Å². The first kappa shape index (κ1) is 19.5. The standard InChI is InChI=1S/C18H16F3N5O2S/c1-25-17(23-16(24-25)12-5-7-22-8-6-12)13-10-26(11-13)29(27,28)15-4-2-3-14(9-15)18(19,20)21/h2-9,13H,10-11H2,1H3. The number of aryl methyl sites for hydroxylation is 1. The Hall–Kier alpha value is -2.79. The third-order valence-corrected chi connectivity index (χ3v) is 6.58. The first-order valence-electron chi connectivity index (χ1n) is 8.65. The van der Waals surface area contributed by atoms with Crippen LogP contribution in [-0.2, 0) is 23.2 Å². The Morgan fingerprint density at radius 2 is 1.79 bits per heavy atom. The number of rotatable bonds is 4. The third-order valence-electron chi connectivity index (χ3n) is 4.75. The predicted octanol–water partition coefficient (Wildman–Crippen LogP) is 2.68. The number of hydrogen-bond acceptors (Lipinski definition) is 5. The van der Waals surface area contributed by atoms with Gasteiger partial charge in [-0.1, -0.05) is 6.07 Å². The van der Waals surface area contributed by atoms with Crippen molar-refractivity contribution in [1.29, 1.82) is 0 Å². The zero-order chi connectivity index (χ0) is 20.8. The van der Waals surface area contributed by atoms with Gasteiger partial charge < -0.3 is 0 Å². The van der Waals surface area contributed by atoms with Crippen molar-refractivity contribution >= 4 is 10.0 Å². The van der Waals surface area contributed by atoms with Crippen LogP contribution in [0, 0.1) is 0 Å². The molecule has 0 N–H and O–H groups in total. The van der Waals surface area contributed by atoms with Crippen LogP contribution in [0.25, 0.3) is 11.4 Å². The van der Waals surface area contributed by atoms with Gasteiger partial charge in [-0.25, -0.2) is 13.4 Å². The Labute approximate surface area is 164 Å². The Kier molecular flexibility index (Phi) is 4.66. The summed E-state index contributed by atoms with van der Waals surface area (Å²) < 4.78 is 66.8. The molecule has 1 fully saturated rings. The number of pyridine rings is 1. The fourth-order valence-electron chi connectivity index (χ4n) is 3.15. The average Bonchev–Trinajstić information content (AvgIpc) is 3.02. The lowest BCUT2D eigenvalue weighted by Gasteiger charge is -2.37. The number of hydrogen-bond donors (Lipinski definition) is 0. The molecule has 1 saturated heterocycles. The summed E-state index contributed by atoms with van der Waals surface area (Å²) in [6.07, 6.45) is -1.36. The van der Waals surface area contributed by atoms with E-state index in [1.165, 1.54) is 6.07 Å². The quantitative estimate of drug-likeness (QED) is 0.645. The van der Waals surface area contributed by atoms with Crippen LogP contribution in [0.15, 0.2) is 53.7 Å². The van der Waals surface area contributed by atoms with E-state index >= 15 is 0 Å². The first-order valence-corrected chi connectivity index (χ1v) is 10.1. The molecule has 0 aliphatic carbocycles. The Bertz CT molecular complexity index is 1140. The lowest BCUT2D eigenvalue weighted by molar-refractivity contribution is -0.137. The monoisotopic (exact) mass is 423 g/mol. The predicted molar refractivity (Wildman–Crippen MR) is 97.2 cm³/mol. The summed E-state index contributed by atoms with van der Waals surface area (Å²) in [5.41, 5.74) is -0.208. The minimum atomic E-state index is -4.61. The molecule has 11 heteroatoms. The molecular formula is C18H16F3N5O2S. The van der Waals surface area contributed by atoms with Crippen LogP contribution >= 0.6 is 0 Å². The zero-order valence-corrected chi connectivity index (χ0v) is 16.0. The van der Waals surface area contributed by atoms with Gasteiger partial charge in [-0.3, -0.25) is 9.67 Å². The maximum absolute atomic E-state index is 12.9. The smallest absolute Gasteiger partial charge is 0.265 e. The molecule has 0 unspecified atom stereocenters. The van der Waals surface area contributed by atoms with E-state index in [-0.39, 0.29) is 23.9 Å². The minimum Gasteiger partial charge on any atom is -0.265 e. The second kappa shape index (κ2) is 6.92. The third kappa shape index (κ3) is 3.62. The van der Waals surface area contributed by atoms with Crippen LogP contribution < -0.4 is 0 Å². The molecule has 0 amide bonds. The van der Waals surface area contributed by atoms with Gasteiger partial charge in [-0.15, -0.1) is 0 Å². The topological polar surface area (TPSA) is 81.0 Å². The van der Waals surface area contributed by atoms with Crippen LogP contribution in [0.1, 0.15) is 17.3 Å². The maximum Gasteiger partial charge on any atom is 0.416 e. The molecule has 0 saturated carbocycles. The van der Waals surface area contributed by atoms with Crippen molar-refractivity contribution in [3.63, 3.8) is 0 Å². The van der Waals surface area contributed by atoms with Crippen molar-refractivity contribution in [2.24, 2.45) is 7.05 Å². The summed E-state index contributed by atoms with van der Waals surface area (Å²) >= 11 is 0. The van der Waals surface area contributed by atoms with Crippen LogP contribution in [-0.4, -0.2) is 45.6 Å². The molecule has 1 aliphatic rings. The first-order chi connectivity index (χ1) is 13.7. The summed E-state index contributed by atoms with van der Waals surface area (Å²) in [6, 6.07) is 7.30. The van der Waals surface area contributed by atoms with Gasteiger partial charge in [-0.05, 0) is 30.3 Å². The molecule has 29 heavy (non-hydrogen) atoms. The van der Waals surface area contributed by atoms with Crippen molar-refractivity contribution < 1.29 is 21.6 Å². The molecule has 7 nitrogen and oxygen atoms in total. The molecule has 0 atom stereocenters. The van der Waals surface area contributed by atoms with Crippen LogP contribution in [0.4, 0.5) is 13.2 Å². The van der Waals surface area contributed by atoms with Gasteiger partial charge in [0.1, 0.15) is 5.82 Å². The van der Waals surface area contributed by atoms with Gasteiger partial charge >= 0.3 is 6.18 Å². The van der Waals surface area contributed by atoms with E-state index in [0.29, 0.717) is 17.7 Å². The van der Waals surface area contributed by atoms with Crippen LogP contribution in [0.5, 0.6) is 0 Å². The Balaban J connectivity index is 1.52. The summed E-state index contributed by atoms with van der Waals surface area (Å²) in [4.78, 5) is 8.06. The van der Waals surface area contributed by atoms with Crippen molar-refractivity contribution in [2.45, 2.75) is 17.0 Å². The molecule has 3 aromatic rings. The maximum atomic E-state index is 12.9. The number of alkyl halides is 3. The van der Waals surface area contributed by atoms with Crippen molar-refractivity contribution in [3.05, 3.63) is 60.2 Å².